The molecule has 0 spiro atoms. The van der Waals surface area contributed by atoms with Gasteiger partial charge in [0.15, 0.2) is 0 Å². The predicted octanol–water partition coefficient (Wildman–Crippen LogP) is 4.45. The highest BCUT2D eigenvalue weighted by Gasteiger charge is 2.23. The van der Waals surface area contributed by atoms with Crippen molar-refractivity contribution in [2.45, 2.75) is 33.4 Å². The van der Waals surface area contributed by atoms with Crippen LogP contribution in [0.3, 0.4) is 0 Å². The Morgan fingerprint density at radius 3 is 2.69 bits per heavy atom. The molecular formula is C19H22N2O3S2. The number of rotatable bonds is 7. The number of carbonyl (C=O) groups is 2. The van der Waals surface area contributed by atoms with E-state index < -0.39 is 5.97 Å². The lowest BCUT2D eigenvalue weighted by Gasteiger charge is -2.21. The fraction of sp³-hybridized carbons (Fsp3) is 0.368. The number of esters is 1. The molecule has 0 saturated heterocycles. The van der Waals surface area contributed by atoms with Gasteiger partial charge in [-0.3, -0.25) is 4.79 Å². The first-order chi connectivity index (χ1) is 12.5. The maximum atomic E-state index is 12.7. The molecule has 0 saturated carbocycles. The highest BCUT2D eigenvalue weighted by atomic mass is 32.1. The van der Waals surface area contributed by atoms with E-state index in [-0.39, 0.29) is 24.4 Å². The third kappa shape index (κ3) is 3.83. The predicted molar refractivity (Wildman–Crippen MR) is 106 cm³/mol. The Hall–Kier alpha value is -2.12. The van der Waals surface area contributed by atoms with Gasteiger partial charge in [0.1, 0.15) is 17.1 Å². The minimum atomic E-state index is -0.401. The standard InChI is InChI=1S/C19H22N2O3S2/c1-4-24-19(23)14-10-13-7-9-26-18(13)21(14)11-16(22)20-17(12(2)3)15-6-5-8-25-15/h5-10,12,17H,4,11H2,1-3H3,(H,20,22)/t17-/m0/s1. The van der Waals surface area contributed by atoms with Crippen molar-refractivity contribution >= 4 is 44.8 Å². The first kappa shape index (κ1) is 18.7. The van der Waals surface area contributed by atoms with Gasteiger partial charge >= 0.3 is 5.97 Å². The highest BCUT2D eigenvalue weighted by Crippen LogP contribution is 2.28. The normalized spacial score (nSPS) is 12.5. The molecule has 1 amide bonds. The average molecular weight is 391 g/mol. The van der Waals surface area contributed by atoms with Gasteiger partial charge in [0.25, 0.3) is 0 Å². The smallest absolute Gasteiger partial charge is 0.355 e. The summed E-state index contributed by atoms with van der Waals surface area (Å²) >= 11 is 3.15. The summed E-state index contributed by atoms with van der Waals surface area (Å²) in [6, 6.07) is 7.72. The average Bonchev–Trinajstić information content (AvgIpc) is 3.31. The summed E-state index contributed by atoms with van der Waals surface area (Å²) in [5.74, 6) is -0.246. The Bertz CT molecular complexity index is 893. The number of nitrogens with one attached hydrogen (secondary N) is 1. The summed E-state index contributed by atoms with van der Waals surface area (Å²) < 4.78 is 6.89. The van der Waals surface area contributed by atoms with Crippen LogP contribution in [0.25, 0.3) is 10.2 Å². The Balaban J connectivity index is 1.83. The van der Waals surface area contributed by atoms with Crippen LogP contribution in [0.4, 0.5) is 0 Å². The zero-order valence-corrected chi connectivity index (χ0v) is 16.7. The first-order valence-electron chi connectivity index (χ1n) is 8.57. The molecule has 0 aliphatic carbocycles. The van der Waals surface area contributed by atoms with Crippen molar-refractivity contribution in [3.05, 3.63) is 45.6 Å². The van der Waals surface area contributed by atoms with E-state index in [0.29, 0.717) is 12.3 Å². The number of aromatic nitrogens is 1. The molecule has 7 heteroatoms. The van der Waals surface area contributed by atoms with Crippen LogP contribution < -0.4 is 5.32 Å². The second-order valence-electron chi connectivity index (χ2n) is 6.32. The van der Waals surface area contributed by atoms with Crippen LogP contribution in [-0.4, -0.2) is 23.1 Å². The minimum Gasteiger partial charge on any atom is -0.461 e. The van der Waals surface area contributed by atoms with Crippen LogP contribution in [0, 0.1) is 5.92 Å². The van der Waals surface area contributed by atoms with Crippen LogP contribution in [0.1, 0.15) is 42.2 Å². The number of hydrogen-bond donors (Lipinski definition) is 1. The van der Waals surface area contributed by atoms with Crippen molar-refractivity contribution in [3.8, 4) is 0 Å². The monoisotopic (exact) mass is 390 g/mol. The van der Waals surface area contributed by atoms with E-state index in [1.165, 1.54) is 11.3 Å². The fourth-order valence-electron chi connectivity index (χ4n) is 2.90. The number of ether oxygens (including phenoxy) is 1. The Labute approximate surface area is 160 Å². The lowest BCUT2D eigenvalue weighted by molar-refractivity contribution is -0.122. The molecule has 0 aliphatic heterocycles. The summed E-state index contributed by atoms with van der Waals surface area (Å²) in [7, 11) is 0. The van der Waals surface area contributed by atoms with Crippen molar-refractivity contribution in [2.75, 3.05) is 6.61 Å². The molecule has 138 valence electrons. The van der Waals surface area contributed by atoms with E-state index in [1.807, 2.05) is 29.0 Å². The zero-order valence-electron chi connectivity index (χ0n) is 15.0. The largest absolute Gasteiger partial charge is 0.461 e. The van der Waals surface area contributed by atoms with Crippen LogP contribution in [-0.2, 0) is 16.1 Å². The third-order valence-electron chi connectivity index (χ3n) is 4.12. The molecule has 3 heterocycles. The second-order valence-corrected chi connectivity index (χ2v) is 8.20. The van der Waals surface area contributed by atoms with Gasteiger partial charge in [0.2, 0.25) is 5.91 Å². The van der Waals surface area contributed by atoms with Gasteiger partial charge in [-0.1, -0.05) is 19.9 Å². The fourth-order valence-corrected chi connectivity index (χ4v) is 4.75. The lowest BCUT2D eigenvalue weighted by Crippen LogP contribution is -2.34. The lowest BCUT2D eigenvalue weighted by atomic mass is 10.0. The zero-order chi connectivity index (χ0) is 18.7. The van der Waals surface area contributed by atoms with E-state index in [0.717, 1.165) is 15.1 Å². The summed E-state index contributed by atoms with van der Waals surface area (Å²) in [6.07, 6.45) is 0. The summed E-state index contributed by atoms with van der Waals surface area (Å²) in [6.45, 7) is 6.34. The van der Waals surface area contributed by atoms with Crippen molar-refractivity contribution < 1.29 is 14.3 Å². The van der Waals surface area contributed by atoms with E-state index in [9.17, 15) is 9.59 Å². The maximum absolute atomic E-state index is 12.7. The Kier molecular flexibility index (Phi) is 5.78. The summed E-state index contributed by atoms with van der Waals surface area (Å²) in [4.78, 5) is 27.0. The number of nitrogens with zero attached hydrogens (tertiary/aromatic N) is 1. The molecule has 0 radical (unpaired) electrons. The van der Waals surface area contributed by atoms with Crippen LogP contribution in [0.5, 0.6) is 0 Å². The SMILES string of the molecule is CCOC(=O)c1cc2ccsc2n1CC(=O)N[C@H](c1cccs1)C(C)C. The van der Waals surface area contributed by atoms with Crippen molar-refractivity contribution in [1.82, 2.24) is 9.88 Å². The number of amides is 1. The van der Waals surface area contributed by atoms with Gasteiger partial charge in [-0.25, -0.2) is 4.79 Å². The van der Waals surface area contributed by atoms with E-state index in [1.54, 1.807) is 28.9 Å². The molecule has 0 fully saturated rings. The molecule has 1 N–H and O–H groups in total. The summed E-state index contributed by atoms with van der Waals surface area (Å²) in [5.41, 5.74) is 0.418. The molecule has 3 aromatic rings. The highest BCUT2D eigenvalue weighted by molar-refractivity contribution is 7.16. The van der Waals surface area contributed by atoms with Crippen molar-refractivity contribution in [1.29, 1.82) is 0 Å². The molecule has 0 unspecified atom stereocenters. The van der Waals surface area contributed by atoms with E-state index in [2.05, 4.69) is 19.2 Å². The molecule has 0 bridgehead atoms. The van der Waals surface area contributed by atoms with Crippen LogP contribution >= 0.6 is 22.7 Å². The quantitative estimate of drug-likeness (QED) is 0.606. The van der Waals surface area contributed by atoms with Gasteiger partial charge < -0.3 is 14.6 Å². The molecule has 3 aromatic heterocycles. The second kappa shape index (κ2) is 8.05. The number of thiophene rings is 2. The van der Waals surface area contributed by atoms with E-state index in [4.69, 9.17) is 4.74 Å². The molecule has 3 rings (SSSR count). The number of carbonyl (C=O) groups excluding carboxylic acids is 2. The minimum absolute atomic E-state index is 0.0390. The number of hydrogen-bond acceptors (Lipinski definition) is 5. The first-order valence-corrected chi connectivity index (χ1v) is 10.3. The maximum Gasteiger partial charge on any atom is 0.355 e. The van der Waals surface area contributed by atoms with Gasteiger partial charge in [0.05, 0.1) is 12.6 Å². The van der Waals surface area contributed by atoms with Gasteiger partial charge in [-0.15, -0.1) is 22.7 Å². The third-order valence-corrected chi connectivity index (χ3v) is 6.03. The van der Waals surface area contributed by atoms with Gasteiger partial charge in [-0.05, 0) is 41.8 Å². The molecule has 0 aromatic carbocycles. The molecule has 5 nitrogen and oxygen atoms in total. The molecule has 26 heavy (non-hydrogen) atoms. The van der Waals surface area contributed by atoms with E-state index >= 15 is 0 Å². The molecule has 0 aliphatic rings. The Morgan fingerprint density at radius 2 is 2.04 bits per heavy atom. The van der Waals surface area contributed by atoms with Crippen LogP contribution in [0.2, 0.25) is 0 Å². The molecule has 1 atom stereocenters. The van der Waals surface area contributed by atoms with Gasteiger partial charge in [0, 0.05) is 10.3 Å². The van der Waals surface area contributed by atoms with Crippen molar-refractivity contribution in [3.63, 3.8) is 0 Å². The van der Waals surface area contributed by atoms with Crippen LogP contribution in [0.15, 0.2) is 35.0 Å². The molecular weight excluding hydrogens is 368 g/mol. The summed E-state index contributed by atoms with van der Waals surface area (Å²) in [5, 5.41) is 8.03. The van der Waals surface area contributed by atoms with Gasteiger partial charge in [-0.2, -0.15) is 0 Å². The number of fused-ring (bicyclic) bond motifs is 1. The topological polar surface area (TPSA) is 60.3 Å². The van der Waals surface area contributed by atoms with Crippen molar-refractivity contribution in [2.24, 2.45) is 5.92 Å². The Morgan fingerprint density at radius 1 is 1.23 bits per heavy atom.